The fourth-order valence-electron chi connectivity index (χ4n) is 5.05. The van der Waals surface area contributed by atoms with Crippen molar-refractivity contribution >= 4 is 38.9 Å². The Bertz CT molecular complexity index is 1150. The predicted octanol–water partition coefficient (Wildman–Crippen LogP) is 6.59. The van der Waals surface area contributed by atoms with Crippen LogP contribution < -0.4 is 9.47 Å². The Morgan fingerprint density at radius 3 is 2.84 bits per heavy atom. The standard InChI is InChI=1S/C28H33N2OS/c1-3-4-17-31-20-21-13-14-23(18-21)30-16-15-22(24-9-5-6-10-25(24)30)19-28-29(2)26-11-7-8-12-27(26)32-28/h5-12,15-16,19,21,23H,3-4,13-14,17-18,20H2,1-2H3/q+1/t21-,23?/m1/s1. The van der Waals surface area contributed by atoms with Crippen LogP contribution >= 0.6 is 11.3 Å². The number of allylic oxidation sites excluding steroid dienone is 2. The van der Waals surface area contributed by atoms with Crippen molar-refractivity contribution in [1.29, 1.82) is 0 Å². The van der Waals surface area contributed by atoms with Gasteiger partial charge < -0.3 is 9.64 Å². The van der Waals surface area contributed by atoms with E-state index >= 15 is 0 Å². The smallest absolute Gasteiger partial charge is 0.263 e. The van der Waals surface area contributed by atoms with Gasteiger partial charge in [-0.05, 0) is 55.4 Å². The number of hydrogen-bond acceptors (Lipinski definition) is 3. The molecule has 1 aliphatic carbocycles. The van der Waals surface area contributed by atoms with Gasteiger partial charge in [0, 0.05) is 48.8 Å². The fourth-order valence-corrected chi connectivity index (χ4v) is 6.15. The zero-order chi connectivity index (χ0) is 21.9. The summed E-state index contributed by atoms with van der Waals surface area (Å²) < 4.78 is 9.57. The van der Waals surface area contributed by atoms with Gasteiger partial charge in [0.2, 0.25) is 5.52 Å². The first-order chi connectivity index (χ1) is 15.7. The first-order valence-corrected chi connectivity index (χ1v) is 12.8. The first-order valence-electron chi connectivity index (χ1n) is 12.0. The van der Waals surface area contributed by atoms with E-state index in [1.807, 2.05) is 11.3 Å². The number of para-hydroxylation sites is 2. The molecular formula is C28H33N2OS+. The van der Waals surface area contributed by atoms with E-state index in [1.165, 1.54) is 64.2 Å². The molecule has 0 saturated heterocycles. The highest BCUT2D eigenvalue weighted by molar-refractivity contribution is 7.18. The van der Waals surface area contributed by atoms with E-state index < -0.39 is 0 Å². The topological polar surface area (TPSA) is 16.4 Å². The van der Waals surface area contributed by atoms with Crippen molar-refractivity contribution < 1.29 is 9.30 Å². The average Bonchev–Trinajstić information content (AvgIpc) is 3.42. The summed E-state index contributed by atoms with van der Waals surface area (Å²) in [7, 11) is 2.16. The van der Waals surface area contributed by atoms with Crippen LogP contribution in [0.5, 0.6) is 0 Å². The van der Waals surface area contributed by atoms with Crippen LogP contribution in [0.25, 0.3) is 21.9 Å². The molecule has 1 unspecified atom stereocenters. The second-order valence-corrected chi connectivity index (χ2v) is 10.1. The Kier molecular flexibility index (Phi) is 6.42. The molecule has 5 rings (SSSR count). The molecule has 1 aliphatic heterocycles. The fraction of sp³-hybridized carbons (Fsp3) is 0.393. The molecule has 2 aromatic carbocycles. The number of rotatable bonds is 7. The van der Waals surface area contributed by atoms with Crippen LogP contribution in [-0.4, -0.2) is 19.3 Å². The monoisotopic (exact) mass is 445 g/mol. The SMILES string of the molecule is CCCCOC[C@@H]1CCC(N2C=C/C(=C\c3sc4ccccc4[n+]3C)c3ccccc32)C1. The molecule has 0 N–H and O–H groups in total. The van der Waals surface area contributed by atoms with Crippen LogP contribution in [-0.2, 0) is 11.8 Å². The summed E-state index contributed by atoms with van der Waals surface area (Å²) >= 11 is 1.85. The number of anilines is 1. The van der Waals surface area contributed by atoms with Gasteiger partial charge in [-0.15, -0.1) is 0 Å². The minimum atomic E-state index is 0.564. The third kappa shape index (κ3) is 4.26. The van der Waals surface area contributed by atoms with Gasteiger partial charge in [-0.25, -0.2) is 0 Å². The molecule has 0 amide bonds. The number of unbranched alkanes of at least 4 members (excludes halogenated alkanes) is 1. The normalized spacial score (nSPS) is 21.6. The number of fused-ring (bicyclic) bond motifs is 2. The molecule has 3 nitrogen and oxygen atoms in total. The number of ether oxygens (including phenoxy) is 1. The van der Waals surface area contributed by atoms with E-state index in [9.17, 15) is 0 Å². The third-order valence-corrected chi connectivity index (χ3v) is 8.03. The maximum Gasteiger partial charge on any atom is 0.263 e. The van der Waals surface area contributed by atoms with Gasteiger partial charge in [-0.1, -0.05) is 55.0 Å². The number of nitrogens with zero attached hydrogens (tertiary/aromatic N) is 2. The number of hydrogen-bond donors (Lipinski definition) is 0. The van der Waals surface area contributed by atoms with Crippen molar-refractivity contribution in [2.75, 3.05) is 18.1 Å². The zero-order valence-corrected chi connectivity index (χ0v) is 20.0. The Morgan fingerprint density at radius 2 is 1.97 bits per heavy atom. The van der Waals surface area contributed by atoms with Crippen molar-refractivity contribution in [3.63, 3.8) is 0 Å². The van der Waals surface area contributed by atoms with E-state index in [4.69, 9.17) is 4.74 Å². The summed E-state index contributed by atoms with van der Waals surface area (Å²) in [6.45, 7) is 4.05. The second-order valence-electron chi connectivity index (χ2n) is 9.07. The predicted molar refractivity (Wildman–Crippen MR) is 136 cm³/mol. The summed E-state index contributed by atoms with van der Waals surface area (Å²) in [6.07, 6.45) is 13.1. The third-order valence-electron chi connectivity index (χ3n) is 6.86. The maximum atomic E-state index is 5.94. The van der Waals surface area contributed by atoms with E-state index in [1.54, 1.807) is 0 Å². The molecule has 1 saturated carbocycles. The van der Waals surface area contributed by atoms with Gasteiger partial charge in [0.1, 0.15) is 11.7 Å². The van der Waals surface area contributed by atoms with E-state index in [0.29, 0.717) is 12.0 Å². The van der Waals surface area contributed by atoms with Crippen molar-refractivity contribution in [3.05, 3.63) is 71.4 Å². The largest absolute Gasteiger partial charge is 0.381 e. The molecule has 1 fully saturated rings. The van der Waals surface area contributed by atoms with Gasteiger partial charge in [0.05, 0.1) is 0 Å². The summed E-state index contributed by atoms with van der Waals surface area (Å²) in [5, 5.41) is 1.28. The van der Waals surface area contributed by atoms with E-state index in [-0.39, 0.29) is 0 Å². The molecule has 0 bridgehead atoms. The van der Waals surface area contributed by atoms with Gasteiger partial charge >= 0.3 is 0 Å². The molecule has 0 radical (unpaired) electrons. The Balaban J connectivity index is 1.37. The molecule has 2 heterocycles. The second kappa shape index (κ2) is 9.60. The maximum absolute atomic E-state index is 5.94. The van der Waals surface area contributed by atoms with Crippen molar-refractivity contribution in [3.8, 4) is 0 Å². The summed E-state index contributed by atoms with van der Waals surface area (Å²) in [6, 6.07) is 18.1. The quantitative estimate of drug-likeness (QED) is 0.301. The lowest BCUT2D eigenvalue weighted by Gasteiger charge is -2.33. The minimum Gasteiger partial charge on any atom is -0.381 e. The summed E-state index contributed by atoms with van der Waals surface area (Å²) in [5.41, 5.74) is 5.24. The highest BCUT2D eigenvalue weighted by Gasteiger charge is 2.31. The van der Waals surface area contributed by atoms with Crippen LogP contribution in [0.3, 0.4) is 0 Å². The molecule has 2 atom stereocenters. The summed E-state index contributed by atoms with van der Waals surface area (Å²) in [5.74, 6) is 0.687. The highest BCUT2D eigenvalue weighted by Crippen LogP contribution is 2.40. The van der Waals surface area contributed by atoms with Gasteiger partial charge in [-0.2, -0.15) is 4.57 Å². The molecule has 2 aliphatic rings. The summed E-state index contributed by atoms with van der Waals surface area (Å²) in [4.78, 5) is 2.52. The number of aromatic nitrogens is 1. The number of aryl methyl sites for hydroxylation is 1. The van der Waals surface area contributed by atoms with Gasteiger partial charge in [-0.3, -0.25) is 0 Å². The minimum absolute atomic E-state index is 0.564. The number of benzene rings is 2. The van der Waals surface area contributed by atoms with Gasteiger partial charge in [0.15, 0.2) is 0 Å². The Labute approximate surface area is 195 Å². The zero-order valence-electron chi connectivity index (χ0n) is 19.2. The lowest BCUT2D eigenvalue weighted by molar-refractivity contribution is -0.642. The average molecular weight is 446 g/mol. The van der Waals surface area contributed by atoms with Crippen LogP contribution in [0.15, 0.2) is 60.8 Å². The van der Waals surface area contributed by atoms with Crippen molar-refractivity contribution in [1.82, 2.24) is 0 Å². The molecule has 0 spiro atoms. The van der Waals surface area contributed by atoms with Crippen LogP contribution in [0.1, 0.15) is 49.6 Å². The van der Waals surface area contributed by atoms with Crippen LogP contribution in [0, 0.1) is 5.92 Å². The van der Waals surface area contributed by atoms with Crippen molar-refractivity contribution in [2.45, 2.75) is 45.1 Å². The first kappa shape index (κ1) is 21.4. The molecule has 4 heteroatoms. The highest BCUT2D eigenvalue weighted by atomic mass is 32.1. The molecule has 1 aromatic heterocycles. The Morgan fingerprint density at radius 1 is 1.12 bits per heavy atom. The Hall–Kier alpha value is -2.43. The van der Waals surface area contributed by atoms with Gasteiger partial charge in [0.25, 0.3) is 5.01 Å². The molecule has 32 heavy (non-hydrogen) atoms. The van der Waals surface area contributed by atoms with E-state index in [0.717, 1.165) is 13.2 Å². The molecule has 3 aromatic rings. The lowest BCUT2D eigenvalue weighted by Crippen LogP contribution is -2.31. The van der Waals surface area contributed by atoms with Crippen LogP contribution in [0.2, 0.25) is 0 Å². The lowest BCUT2D eigenvalue weighted by atomic mass is 9.98. The number of thiazole rings is 1. The molecule has 166 valence electrons. The van der Waals surface area contributed by atoms with Crippen LogP contribution in [0.4, 0.5) is 5.69 Å². The van der Waals surface area contributed by atoms with Crippen molar-refractivity contribution in [2.24, 2.45) is 13.0 Å². The van der Waals surface area contributed by atoms with E-state index in [2.05, 4.69) is 90.3 Å². The molecular weight excluding hydrogens is 412 g/mol.